The van der Waals surface area contributed by atoms with Gasteiger partial charge in [-0.1, -0.05) is 78.1 Å². The molecular formula is C17H32O. The summed E-state index contributed by atoms with van der Waals surface area (Å²) in [6, 6.07) is 0. The van der Waals surface area contributed by atoms with Crippen LogP contribution < -0.4 is 0 Å². The molecule has 0 saturated heterocycles. The highest BCUT2D eigenvalue weighted by Gasteiger charge is 2.13. The Kier molecular flexibility index (Phi) is 8.37. The maximum atomic E-state index is 11.9. The molecule has 0 aromatic rings. The van der Waals surface area contributed by atoms with Crippen LogP contribution in [0.2, 0.25) is 0 Å². The van der Waals surface area contributed by atoms with E-state index < -0.39 is 0 Å². The molecule has 0 bridgehead atoms. The second kappa shape index (κ2) is 9.58. The van der Waals surface area contributed by atoms with Crippen molar-refractivity contribution >= 4 is 5.78 Å². The van der Waals surface area contributed by atoms with Crippen LogP contribution >= 0.6 is 0 Å². The molecule has 106 valence electrons. The Morgan fingerprint density at radius 1 is 0.667 bits per heavy atom. The summed E-state index contributed by atoms with van der Waals surface area (Å²) in [7, 11) is 0. The van der Waals surface area contributed by atoms with E-state index in [0.29, 0.717) is 17.6 Å². The zero-order valence-electron chi connectivity index (χ0n) is 12.5. The van der Waals surface area contributed by atoms with Crippen molar-refractivity contribution in [1.82, 2.24) is 0 Å². The van der Waals surface area contributed by atoms with Crippen LogP contribution in [0.25, 0.3) is 0 Å². The van der Waals surface area contributed by atoms with Crippen molar-refractivity contribution in [3.8, 4) is 0 Å². The highest BCUT2D eigenvalue weighted by Crippen LogP contribution is 2.21. The van der Waals surface area contributed by atoms with E-state index in [-0.39, 0.29) is 0 Å². The van der Waals surface area contributed by atoms with E-state index in [4.69, 9.17) is 0 Å². The van der Waals surface area contributed by atoms with Gasteiger partial charge in [0.15, 0.2) is 0 Å². The topological polar surface area (TPSA) is 17.1 Å². The standard InChI is InChI=1S/C17H32O/c1-15-11-9-7-5-3-4-6-8-10-12-16(2)14-17(18)13-15/h15-16H,3-14H2,1-2H3/t15-,16+. The van der Waals surface area contributed by atoms with Gasteiger partial charge < -0.3 is 0 Å². The van der Waals surface area contributed by atoms with Crippen LogP contribution in [0.15, 0.2) is 0 Å². The molecule has 0 aromatic carbocycles. The second-order valence-electron chi connectivity index (χ2n) is 6.56. The van der Waals surface area contributed by atoms with Crippen molar-refractivity contribution in [3.63, 3.8) is 0 Å². The van der Waals surface area contributed by atoms with Gasteiger partial charge in [-0.15, -0.1) is 0 Å². The van der Waals surface area contributed by atoms with Crippen LogP contribution in [0.5, 0.6) is 0 Å². The van der Waals surface area contributed by atoms with Crippen LogP contribution in [-0.4, -0.2) is 5.78 Å². The number of Topliss-reactive ketones (excluding diaryl/α,β-unsaturated/α-hetero) is 1. The first kappa shape index (κ1) is 15.7. The van der Waals surface area contributed by atoms with Crippen LogP contribution in [0.1, 0.15) is 90.9 Å². The van der Waals surface area contributed by atoms with E-state index >= 15 is 0 Å². The van der Waals surface area contributed by atoms with Gasteiger partial charge in [-0.2, -0.15) is 0 Å². The number of ketones is 1. The number of carbonyl (C=O) groups is 1. The lowest BCUT2D eigenvalue weighted by Gasteiger charge is -2.13. The lowest BCUT2D eigenvalue weighted by Crippen LogP contribution is -2.10. The lowest BCUT2D eigenvalue weighted by atomic mass is 9.92. The first-order valence-corrected chi connectivity index (χ1v) is 8.20. The van der Waals surface area contributed by atoms with E-state index in [1.165, 1.54) is 64.2 Å². The molecule has 1 fully saturated rings. The monoisotopic (exact) mass is 252 g/mol. The zero-order chi connectivity index (χ0) is 13.2. The van der Waals surface area contributed by atoms with E-state index in [2.05, 4.69) is 13.8 Å². The number of rotatable bonds is 0. The second-order valence-corrected chi connectivity index (χ2v) is 6.56. The SMILES string of the molecule is C[C@@H]1CCCCCCCCCC[C@H](C)CC(=O)C1. The van der Waals surface area contributed by atoms with Crippen molar-refractivity contribution in [2.75, 3.05) is 0 Å². The summed E-state index contributed by atoms with van der Waals surface area (Å²) in [4.78, 5) is 11.9. The fourth-order valence-electron chi connectivity index (χ4n) is 3.11. The molecule has 0 unspecified atom stereocenters. The molecule has 0 heterocycles. The van der Waals surface area contributed by atoms with Gasteiger partial charge in [-0.3, -0.25) is 4.79 Å². The molecule has 0 amide bonds. The minimum atomic E-state index is 0.505. The average molecular weight is 252 g/mol. The summed E-state index contributed by atoms with van der Waals surface area (Å²) in [6.07, 6.45) is 15.2. The highest BCUT2D eigenvalue weighted by atomic mass is 16.1. The van der Waals surface area contributed by atoms with E-state index in [0.717, 1.165) is 12.8 Å². The van der Waals surface area contributed by atoms with Gasteiger partial charge >= 0.3 is 0 Å². The molecule has 1 heteroatoms. The normalized spacial score (nSPS) is 30.4. The van der Waals surface area contributed by atoms with Crippen molar-refractivity contribution in [1.29, 1.82) is 0 Å². The summed E-state index contributed by atoms with van der Waals surface area (Å²) in [6.45, 7) is 4.50. The minimum Gasteiger partial charge on any atom is -0.300 e. The third-order valence-electron chi connectivity index (χ3n) is 4.30. The third-order valence-corrected chi connectivity index (χ3v) is 4.30. The van der Waals surface area contributed by atoms with Gasteiger partial charge in [0.05, 0.1) is 0 Å². The Bertz CT molecular complexity index is 200. The molecule has 0 spiro atoms. The van der Waals surface area contributed by atoms with E-state index in [1.807, 2.05) is 0 Å². The summed E-state index contributed by atoms with van der Waals surface area (Å²) < 4.78 is 0. The predicted octanol–water partition coefficient (Wildman–Crippen LogP) is 5.52. The van der Waals surface area contributed by atoms with E-state index in [1.54, 1.807) is 0 Å². The number of hydrogen-bond acceptors (Lipinski definition) is 1. The molecule has 2 atom stereocenters. The van der Waals surface area contributed by atoms with Crippen LogP contribution in [0, 0.1) is 11.8 Å². The molecule has 0 N–H and O–H groups in total. The molecular weight excluding hydrogens is 220 g/mol. The fourth-order valence-corrected chi connectivity index (χ4v) is 3.11. The lowest BCUT2D eigenvalue weighted by molar-refractivity contribution is -0.120. The van der Waals surface area contributed by atoms with Crippen molar-refractivity contribution in [2.24, 2.45) is 11.8 Å². The van der Waals surface area contributed by atoms with Gasteiger partial charge in [-0.05, 0) is 11.8 Å². The molecule has 1 aliphatic rings. The molecule has 1 saturated carbocycles. The minimum absolute atomic E-state index is 0.505. The smallest absolute Gasteiger partial charge is 0.133 e. The Labute approximate surface area is 114 Å². The zero-order valence-corrected chi connectivity index (χ0v) is 12.5. The molecule has 18 heavy (non-hydrogen) atoms. The summed E-state index contributed by atoms with van der Waals surface area (Å²) >= 11 is 0. The summed E-state index contributed by atoms with van der Waals surface area (Å²) in [5.41, 5.74) is 0. The predicted molar refractivity (Wildman–Crippen MR) is 78.7 cm³/mol. The fraction of sp³-hybridized carbons (Fsp3) is 0.941. The maximum absolute atomic E-state index is 11.9. The van der Waals surface area contributed by atoms with Gasteiger partial charge in [0.2, 0.25) is 0 Å². The van der Waals surface area contributed by atoms with Crippen LogP contribution in [0.3, 0.4) is 0 Å². The largest absolute Gasteiger partial charge is 0.300 e. The molecule has 1 aliphatic carbocycles. The summed E-state index contributed by atoms with van der Waals surface area (Å²) in [5, 5.41) is 0. The number of carbonyl (C=O) groups excluding carboxylic acids is 1. The van der Waals surface area contributed by atoms with Gasteiger partial charge in [-0.25, -0.2) is 0 Å². The van der Waals surface area contributed by atoms with E-state index in [9.17, 15) is 4.79 Å². The van der Waals surface area contributed by atoms with Crippen molar-refractivity contribution < 1.29 is 4.79 Å². The first-order valence-electron chi connectivity index (χ1n) is 8.20. The highest BCUT2D eigenvalue weighted by molar-refractivity contribution is 5.78. The van der Waals surface area contributed by atoms with Crippen LogP contribution in [-0.2, 0) is 4.79 Å². The maximum Gasteiger partial charge on any atom is 0.133 e. The first-order chi connectivity index (χ1) is 8.68. The van der Waals surface area contributed by atoms with Crippen molar-refractivity contribution in [2.45, 2.75) is 90.9 Å². The van der Waals surface area contributed by atoms with Gasteiger partial charge in [0, 0.05) is 12.8 Å². The summed E-state index contributed by atoms with van der Waals surface area (Å²) in [5.74, 6) is 1.72. The molecule has 0 radical (unpaired) electrons. The third kappa shape index (κ3) is 7.89. The molecule has 0 aliphatic heterocycles. The quantitative estimate of drug-likeness (QED) is 0.554. The molecule has 0 aromatic heterocycles. The Hall–Kier alpha value is -0.330. The Balaban J connectivity index is 2.33. The van der Waals surface area contributed by atoms with Crippen molar-refractivity contribution in [3.05, 3.63) is 0 Å². The average Bonchev–Trinajstić information content (AvgIpc) is 2.30. The van der Waals surface area contributed by atoms with Crippen LogP contribution in [0.4, 0.5) is 0 Å². The molecule has 1 rings (SSSR count). The Morgan fingerprint density at radius 2 is 1.00 bits per heavy atom. The molecule has 1 nitrogen and oxygen atoms in total. The Morgan fingerprint density at radius 3 is 1.39 bits per heavy atom. The number of hydrogen-bond donors (Lipinski definition) is 0. The van der Waals surface area contributed by atoms with Gasteiger partial charge in [0.1, 0.15) is 5.78 Å². The van der Waals surface area contributed by atoms with Gasteiger partial charge in [0.25, 0.3) is 0 Å².